The Balaban J connectivity index is 1.69. The minimum absolute atomic E-state index is 0.0319. The van der Waals surface area contributed by atoms with Crippen LogP contribution in [0.5, 0.6) is 0 Å². The fraction of sp³-hybridized carbons (Fsp3) is 0.476. The Hall–Kier alpha value is -1.65. The summed E-state index contributed by atoms with van der Waals surface area (Å²) in [4.78, 5) is 16.5. The third-order valence-electron chi connectivity index (χ3n) is 5.21. The van der Waals surface area contributed by atoms with E-state index in [1.165, 1.54) is 23.3 Å². The van der Waals surface area contributed by atoms with Crippen LogP contribution in [0.2, 0.25) is 0 Å². The zero-order valence-corrected chi connectivity index (χ0v) is 16.2. The molecule has 1 aromatic heterocycles. The van der Waals surface area contributed by atoms with Crippen LogP contribution >= 0.6 is 11.3 Å². The van der Waals surface area contributed by atoms with Crippen molar-refractivity contribution >= 4 is 17.2 Å². The third-order valence-corrected chi connectivity index (χ3v) is 6.19. The van der Waals surface area contributed by atoms with Gasteiger partial charge in [0.2, 0.25) is 0 Å². The molecule has 0 spiro atoms. The fourth-order valence-corrected chi connectivity index (χ4v) is 4.44. The number of rotatable bonds is 5. The standard InChI is InChI=1S/C21H28N2OS/c1-15-8-10-23(11-9-15)19(20-5-4-12-25-20)14-22-21(24)18-7-6-16(2)13-17(18)3/h4-7,12-13,15,19H,8-11,14H2,1-3H3,(H,22,24). The van der Waals surface area contributed by atoms with Crippen LogP contribution in [0.15, 0.2) is 35.7 Å². The summed E-state index contributed by atoms with van der Waals surface area (Å²) in [6.07, 6.45) is 2.49. The van der Waals surface area contributed by atoms with E-state index in [-0.39, 0.29) is 11.9 Å². The van der Waals surface area contributed by atoms with Gasteiger partial charge in [0, 0.05) is 17.0 Å². The van der Waals surface area contributed by atoms with Crippen LogP contribution in [0.4, 0.5) is 0 Å². The van der Waals surface area contributed by atoms with Gasteiger partial charge in [0.05, 0.1) is 6.04 Å². The van der Waals surface area contributed by atoms with Crippen LogP contribution < -0.4 is 5.32 Å². The molecule has 1 fully saturated rings. The predicted molar refractivity (Wildman–Crippen MR) is 105 cm³/mol. The van der Waals surface area contributed by atoms with Crippen molar-refractivity contribution in [3.63, 3.8) is 0 Å². The second-order valence-corrected chi connectivity index (χ2v) is 8.26. The molecule has 25 heavy (non-hydrogen) atoms. The van der Waals surface area contributed by atoms with Crippen molar-refractivity contribution in [2.75, 3.05) is 19.6 Å². The summed E-state index contributed by atoms with van der Waals surface area (Å²) >= 11 is 1.79. The van der Waals surface area contributed by atoms with Crippen LogP contribution in [-0.4, -0.2) is 30.4 Å². The van der Waals surface area contributed by atoms with Gasteiger partial charge in [-0.15, -0.1) is 11.3 Å². The molecule has 1 aliphatic rings. The van der Waals surface area contributed by atoms with Gasteiger partial charge in [-0.05, 0) is 68.8 Å². The van der Waals surface area contributed by atoms with E-state index in [0.717, 1.165) is 30.1 Å². The number of carbonyl (C=O) groups excluding carboxylic acids is 1. The molecule has 0 saturated carbocycles. The lowest BCUT2D eigenvalue weighted by Gasteiger charge is -2.36. The average molecular weight is 357 g/mol. The number of piperidine rings is 1. The number of thiophene rings is 1. The molecule has 4 heteroatoms. The van der Waals surface area contributed by atoms with E-state index in [9.17, 15) is 4.79 Å². The Bertz CT molecular complexity index is 703. The van der Waals surface area contributed by atoms with Crippen LogP contribution in [-0.2, 0) is 0 Å². The van der Waals surface area contributed by atoms with Gasteiger partial charge in [0.25, 0.3) is 5.91 Å². The van der Waals surface area contributed by atoms with Gasteiger partial charge in [0.15, 0.2) is 0 Å². The van der Waals surface area contributed by atoms with Gasteiger partial charge in [-0.3, -0.25) is 9.69 Å². The molecular formula is C21H28N2OS. The van der Waals surface area contributed by atoms with Crippen molar-refractivity contribution in [1.29, 1.82) is 0 Å². The minimum Gasteiger partial charge on any atom is -0.350 e. The first kappa shape index (κ1) is 18.2. The van der Waals surface area contributed by atoms with Crippen molar-refractivity contribution in [3.05, 3.63) is 57.3 Å². The topological polar surface area (TPSA) is 32.3 Å². The van der Waals surface area contributed by atoms with E-state index < -0.39 is 0 Å². The highest BCUT2D eigenvalue weighted by Crippen LogP contribution is 2.29. The van der Waals surface area contributed by atoms with Crippen molar-refractivity contribution in [2.24, 2.45) is 5.92 Å². The van der Waals surface area contributed by atoms with Crippen LogP contribution in [0.25, 0.3) is 0 Å². The second kappa shape index (κ2) is 8.15. The number of benzene rings is 1. The Morgan fingerprint density at radius 1 is 1.28 bits per heavy atom. The minimum atomic E-state index is 0.0319. The monoisotopic (exact) mass is 356 g/mol. The van der Waals surface area contributed by atoms with E-state index in [2.05, 4.69) is 47.6 Å². The summed E-state index contributed by atoms with van der Waals surface area (Å²) in [5.41, 5.74) is 3.01. The molecule has 1 amide bonds. The molecule has 1 aromatic carbocycles. The first-order valence-corrected chi connectivity index (χ1v) is 10.1. The predicted octanol–water partition coefficient (Wildman–Crippen LogP) is 4.57. The van der Waals surface area contributed by atoms with Crippen molar-refractivity contribution < 1.29 is 4.79 Å². The molecule has 2 aromatic rings. The zero-order chi connectivity index (χ0) is 17.8. The summed E-state index contributed by atoms with van der Waals surface area (Å²) in [6.45, 7) is 9.29. The van der Waals surface area contributed by atoms with Crippen molar-refractivity contribution in [2.45, 2.75) is 39.7 Å². The van der Waals surface area contributed by atoms with Crippen LogP contribution in [0.3, 0.4) is 0 Å². The highest BCUT2D eigenvalue weighted by Gasteiger charge is 2.26. The summed E-state index contributed by atoms with van der Waals surface area (Å²) in [5.74, 6) is 0.842. The Labute approximate surface area is 155 Å². The number of aryl methyl sites for hydroxylation is 2. The van der Waals surface area contributed by atoms with Crippen LogP contribution in [0, 0.1) is 19.8 Å². The van der Waals surface area contributed by atoms with Gasteiger partial charge >= 0.3 is 0 Å². The molecule has 1 atom stereocenters. The molecule has 134 valence electrons. The number of carbonyl (C=O) groups is 1. The second-order valence-electron chi connectivity index (χ2n) is 7.28. The third kappa shape index (κ3) is 4.50. The quantitative estimate of drug-likeness (QED) is 0.851. The molecule has 0 radical (unpaired) electrons. The zero-order valence-electron chi connectivity index (χ0n) is 15.4. The fourth-order valence-electron chi connectivity index (χ4n) is 3.58. The Morgan fingerprint density at radius 2 is 2.04 bits per heavy atom. The number of hydrogen-bond donors (Lipinski definition) is 1. The molecule has 2 heterocycles. The highest BCUT2D eigenvalue weighted by atomic mass is 32.1. The normalized spacial score (nSPS) is 17.4. The molecule has 1 aliphatic heterocycles. The maximum atomic E-state index is 12.7. The SMILES string of the molecule is Cc1ccc(C(=O)NCC(c2cccs2)N2CCC(C)CC2)c(C)c1. The van der Waals surface area contributed by atoms with Gasteiger partial charge in [-0.1, -0.05) is 30.7 Å². The van der Waals surface area contributed by atoms with E-state index in [0.29, 0.717) is 6.54 Å². The number of nitrogens with zero attached hydrogens (tertiary/aromatic N) is 1. The molecule has 0 bridgehead atoms. The van der Waals surface area contributed by atoms with E-state index in [1.807, 2.05) is 19.1 Å². The number of amides is 1. The average Bonchev–Trinajstić information content (AvgIpc) is 3.10. The first-order chi connectivity index (χ1) is 12.0. The van der Waals surface area contributed by atoms with E-state index in [1.54, 1.807) is 11.3 Å². The van der Waals surface area contributed by atoms with Gasteiger partial charge in [-0.2, -0.15) is 0 Å². The van der Waals surface area contributed by atoms with Crippen molar-refractivity contribution in [1.82, 2.24) is 10.2 Å². The summed E-state index contributed by atoms with van der Waals surface area (Å²) in [7, 11) is 0. The van der Waals surface area contributed by atoms with E-state index in [4.69, 9.17) is 0 Å². The molecule has 3 rings (SSSR count). The Morgan fingerprint density at radius 3 is 2.68 bits per heavy atom. The maximum Gasteiger partial charge on any atom is 0.251 e. The summed E-state index contributed by atoms with van der Waals surface area (Å²) in [5, 5.41) is 5.31. The van der Waals surface area contributed by atoms with Crippen molar-refractivity contribution in [3.8, 4) is 0 Å². The largest absolute Gasteiger partial charge is 0.350 e. The van der Waals surface area contributed by atoms with E-state index >= 15 is 0 Å². The molecule has 0 aliphatic carbocycles. The lowest BCUT2D eigenvalue weighted by molar-refractivity contribution is 0.0914. The molecule has 1 N–H and O–H groups in total. The molecule has 1 saturated heterocycles. The van der Waals surface area contributed by atoms with Crippen LogP contribution in [0.1, 0.15) is 52.2 Å². The highest BCUT2D eigenvalue weighted by molar-refractivity contribution is 7.10. The lowest BCUT2D eigenvalue weighted by Crippen LogP contribution is -2.41. The molecular weight excluding hydrogens is 328 g/mol. The number of hydrogen-bond acceptors (Lipinski definition) is 3. The molecule has 3 nitrogen and oxygen atoms in total. The lowest BCUT2D eigenvalue weighted by atomic mass is 9.97. The molecule has 1 unspecified atom stereocenters. The number of likely N-dealkylation sites (tertiary alicyclic amines) is 1. The summed E-state index contributed by atoms with van der Waals surface area (Å²) < 4.78 is 0. The first-order valence-electron chi connectivity index (χ1n) is 9.17. The van der Waals surface area contributed by atoms with Gasteiger partial charge in [0.1, 0.15) is 0 Å². The number of nitrogens with one attached hydrogen (secondary N) is 1. The maximum absolute atomic E-state index is 12.7. The van der Waals surface area contributed by atoms with Gasteiger partial charge in [-0.25, -0.2) is 0 Å². The Kier molecular flexibility index (Phi) is 5.92. The van der Waals surface area contributed by atoms with Gasteiger partial charge < -0.3 is 5.32 Å². The summed E-state index contributed by atoms with van der Waals surface area (Å²) in [6, 6.07) is 10.6. The smallest absolute Gasteiger partial charge is 0.251 e.